The van der Waals surface area contributed by atoms with E-state index in [0.717, 1.165) is 171 Å². The first-order chi connectivity index (χ1) is 42.2. The van der Waals surface area contributed by atoms with Crippen molar-refractivity contribution < 1.29 is 43.3 Å². The van der Waals surface area contributed by atoms with Crippen LogP contribution in [0.5, 0.6) is 0 Å². The molecule has 27 nitrogen and oxygen atoms in total. The van der Waals surface area contributed by atoms with Gasteiger partial charge in [-0.15, -0.1) is 0 Å². The predicted molar refractivity (Wildman–Crippen MR) is 331 cm³/mol. The molecule has 0 aliphatic carbocycles. The second-order valence-corrected chi connectivity index (χ2v) is 20.7. The van der Waals surface area contributed by atoms with Crippen LogP contribution in [0.15, 0.2) is 134 Å². The van der Waals surface area contributed by atoms with Gasteiger partial charge in [-0.3, -0.25) is 69.7 Å². The van der Waals surface area contributed by atoms with Gasteiger partial charge in [-0.2, -0.15) is 10.2 Å². The number of hydrogen-bond donors (Lipinski definition) is 6. The molecule has 2 aromatic heterocycles. The van der Waals surface area contributed by atoms with Crippen LogP contribution in [0, 0.1) is 30.3 Å². The van der Waals surface area contributed by atoms with Crippen molar-refractivity contribution in [3.8, 4) is 0 Å². The maximum absolute atomic E-state index is 12.1. The second kappa shape index (κ2) is 35.1. The molecular weight excluding hydrogens is 1190 g/mol. The minimum absolute atomic E-state index is 0.134. The fraction of sp³-hybridized carbons (Fsp3) is 0.356. The summed E-state index contributed by atoms with van der Waals surface area (Å²) in [4.78, 5) is 63.5. The highest BCUT2D eigenvalue weighted by atomic mass is 79.9. The number of nitro benzene ring substituents is 2. The van der Waals surface area contributed by atoms with E-state index in [-0.39, 0.29) is 39.3 Å². The number of nitrogens with zero attached hydrogens (tertiary/aromatic N) is 9. The lowest BCUT2D eigenvalue weighted by Gasteiger charge is -2.26. The maximum atomic E-state index is 12.1. The minimum atomic E-state index is -0.649. The van der Waals surface area contributed by atoms with Crippen LogP contribution in [0.1, 0.15) is 48.8 Å². The number of H-pyrrole nitrogens is 2. The van der Waals surface area contributed by atoms with Gasteiger partial charge in [0.25, 0.3) is 23.2 Å². The molecule has 4 aliphatic heterocycles. The molecular formula is C59H72BrN15O12. The Balaban J connectivity index is 0.000000159. The number of non-ortho nitro benzene ring substituents is 2. The minimum Gasteiger partial charge on any atom is -0.399 e. The van der Waals surface area contributed by atoms with Crippen molar-refractivity contribution in [2.75, 3.05) is 127 Å². The number of rotatable bonds is 16. The summed E-state index contributed by atoms with van der Waals surface area (Å²) in [6.07, 6.45) is 2.43. The first kappa shape index (κ1) is 66.0. The molecule has 87 heavy (non-hydrogen) atoms. The number of alkyl halides is 1. The van der Waals surface area contributed by atoms with Crippen LogP contribution in [0.3, 0.4) is 0 Å². The summed E-state index contributed by atoms with van der Waals surface area (Å²) in [5.41, 5.74) is 19.6. The van der Waals surface area contributed by atoms with E-state index in [1.54, 1.807) is 36.4 Å². The maximum Gasteiger partial charge on any atom is 0.319 e. The lowest BCUT2D eigenvalue weighted by molar-refractivity contribution is -0.385. The van der Waals surface area contributed by atoms with Crippen molar-refractivity contribution in [3.05, 3.63) is 203 Å². The largest absolute Gasteiger partial charge is 0.399 e. The number of amides is 2. The zero-order valence-electron chi connectivity index (χ0n) is 48.0. The smallest absolute Gasteiger partial charge is 0.319 e. The Bertz CT molecular complexity index is 3220. The number of halogens is 1. The van der Waals surface area contributed by atoms with Crippen molar-refractivity contribution in [3.63, 3.8) is 0 Å². The van der Waals surface area contributed by atoms with Gasteiger partial charge in [-0.25, -0.2) is 0 Å². The van der Waals surface area contributed by atoms with Gasteiger partial charge in [0.2, 0.25) is 5.69 Å². The van der Waals surface area contributed by atoms with Gasteiger partial charge in [-0.05, 0) is 64.2 Å². The standard InChI is InChI=1S/C15H17N5O4.C15H19N5O2.C11H14N2O3.C11H16N2O.C7H6BrNO2/c21-15(14-13(20(22)23)9-16-18-14)17-12-3-1-11(2-4-12)10-19-5-7-24-8-6-19;16-13-9-17-19-14(13)15(21)18-12-3-1-11(2-4-12)10-20-5-7-22-8-6-20;14-13(15)11-3-1-10(2-4-11)9-12-5-7-16-8-6-12;12-11-3-1-10(2-4-11)9-13-5-7-14-8-6-13;8-5-6-1-3-7(4-2-6)9(10)11/h1-4,9H,5-8,10H2,(H,16,18)(H,17,21);1-4,9H,5-8,10,16H2,(H,17,19)(H,18,21);1-4H,5-9H2;1-4H,5-9,12H2;1-4H,5H2. The van der Waals surface area contributed by atoms with Gasteiger partial charge in [-0.1, -0.05) is 76.6 Å². The summed E-state index contributed by atoms with van der Waals surface area (Å²) < 4.78 is 21.2. The normalized spacial score (nSPS) is 15.5. The number of hydrogen-bond acceptors (Lipinski definition) is 20. The van der Waals surface area contributed by atoms with Gasteiger partial charge >= 0.3 is 5.69 Å². The van der Waals surface area contributed by atoms with Crippen LogP contribution in [0.4, 0.5) is 39.8 Å². The van der Waals surface area contributed by atoms with Crippen LogP contribution in [-0.4, -0.2) is 172 Å². The summed E-state index contributed by atoms with van der Waals surface area (Å²) in [5.74, 6) is -0.893. The Morgan fingerprint density at radius 1 is 0.460 bits per heavy atom. The number of nitrogens with one attached hydrogen (secondary N) is 4. The average Bonchev–Trinajstić information content (AvgIpc) is 4.28. The zero-order valence-corrected chi connectivity index (χ0v) is 49.6. The molecule has 0 spiro atoms. The molecule has 6 heterocycles. The predicted octanol–water partition coefficient (Wildman–Crippen LogP) is 7.50. The third kappa shape index (κ3) is 22.7. The van der Waals surface area contributed by atoms with Gasteiger partial charge < -0.3 is 41.0 Å². The van der Waals surface area contributed by atoms with Crippen LogP contribution in [0.25, 0.3) is 0 Å². The number of nitro groups is 3. The Kier molecular flexibility index (Phi) is 26.6. The number of ether oxygens (including phenoxy) is 4. The number of carbonyl (C=O) groups excluding carboxylic acids is 2. The molecule has 7 aromatic rings. The fourth-order valence-corrected chi connectivity index (χ4v) is 9.33. The Morgan fingerprint density at radius 3 is 1.09 bits per heavy atom. The second-order valence-electron chi connectivity index (χ2n) is 20.2. The summed E-state index contributed by atoms with van der Waals surface area (Å²) in [5, 5.41) is 49.9. The van der Waals surface area contributed by atoms with Gasteiger partial charge in [0.1, 0.15) is 11.9 Å². The van der Waals surface area contributed by atoms with Crippen LogP contribution in [0.2, 0.25) is 0 Å². The highest BCUT2D eigenvalue weighted by Gasteiger charge is 2.23. The molecule has 11 rings (SSSR count). The molecule has 462 valence electrons. The summed E-state index contributed by atoms with van der Waals surface area (Å²) in [7, 11) is 0. The van der Waals surface area contributed by atoms with Crippen LogP contribution in [-0.2, 0) is 50.5 Å². The number of nitrogen functional groups attached to an aromatic ring is 2. The molecule has 28 heteroatoms. The molecule has 0 atom stereocenters. The first-order valence-corrected chi connectivity index (χ1v) is 29.2. The van der Waals surface area contributed by atoms with E-state index in [2.05, 4.69) is 78.7 Å². The van der Waals surface area contributed by atoms with E-state index in [0.29, 0.717) is 11.4 Å². The molecule has 5 aromatic carbocycles. The number of aromatic amines is 2. The topological polar surface area (TPSA) is 347 Å². The van der Waals surface area contributed by atoms with Crippen molar-refractivity contribution >= 4 is 67.6 Å². The molecule has 0 unspecified atom stereocenters. The van der Waals surface area contributed by atoms with Gasteiger partial charge in [0, 0.05) is 125 Å². The van der Waals surface area contributed by atoms with Crippen LogP contribution < -0.4 is 22.1 Å². The van der Waals surface area contributed by atoms with Gasteiger partial charge in [0.05, 0.1) is 79.5 Å². The SMILES string of the molecule is Nc1ccc(CN2CCOCC2)cc1.Nc1cn[nH]c1C(=O)Nc1ccc(CN2CCOCC2)cc1.O=C(Nc1ccc(CN2CCOCC2)cc1)c1[nH]ncc1[N+](=O)[O-].O=[N+]([O-])c1ccc(CBr)cc1.O=[N+]([O-])c1ccc(CN2CCOCC2)cc1. The molecule has 0 radical (unpaired) electrons. The lowest BCUT2D eigenvalue weighted by Crippen LogP contribution is -2.35. The number of nitrogens with two attached hydrogens (primary N) is 2. The summed E-state index contributed by atoms with van der Waals surface area (Å²) in [6, 6.07) is 36.5. The van der Waals surface area contributed by atoms with E-state index in [4.69, 9.17) is 30.4 Å². The number of aromatic nitrogens is 4. The highest BCUT2D eigenvalue weighted by molar-refractivity contribution is 9.08. The highest BCUT2D eigenvalue weighted by Crippen LogP contribution is 2.20. The van der Waals surface area contributed by atoms with Crippen molar-refractivity contribution in [2.45, 2.75) is 31.5 Å². The third-order valence-corrected chi connectivity index (χ3v) is 14.5. The Hall–Kier alpha value is -8.58. The Labute approximate surface area is 510 Å². The third-order valence-electron chi connectivity index (χ3n) is 13.8. The molecule has 4 fully saturated rings. The average molecular weight is 1260 g/mol. The number of carbonyl (C=O) groups is 2. The van der Waals surface area contributed by atoms with E-state index in [1.165, 1.54) is 29.5 Å². The monoisotopic (exact) mass is 1260 g/mol. The Morgan fingerprint density at radius 2 is 0.770 bits per heavy atom. The summed E-state index contributed by atoms with van der Waals surface area (Å²) in [6.45, 7) is 17.5. The molecule has 0 bridgehead atoms. The molecule has 8 N–H and O–H groups in total. The van der Waals surface area contributed by atoms with E-state index in [9.17, 15) is 39.9 Å². The zero-order chi connectivity index (χ0) is 61.8. The lowest BCUT2D eigenvalue weighted by atomic mass is 10.2. The van der Waals surface area contributed by atoms with Crippen molar-refractivity contribution in [1.82, 2.24) is 40.0 Å². The van der Waals surface area contributed by atoms with Crippen molar-refractivity contribution in [1.29, 1.82) is 0 Å². The van der Waals surface area contributed by atoms with E-state index in [1.807, 2.05) is 60.7 Å². The van der Waals surface area contributed by atoms with Crippen molar-refractivity contribution in [2.24, 2.45) is 0 Å². The molecule has 4 saturated heterocycles. The molecule has 0 saturated carbocycles. The quantitative estimate of drug-likeness (QED) is 0.0236. The van der Waals surface area contributed by atoms with E-state index >= 15 is 0 Å². The molecule has 2 amide bonds. The van der Waals surface area contributed by atoms with Gasteiger partial charge in [0.15, 0.2) is 0 Å². The first-order valence-electron chi connectivity index (χ1n) is 28.0. The van der Waals surface area contributed by atoms with E-state index < -0.39 is 15.8 Å². The number of morpholine rings is 4. The number of anilines is 4. The molecule has 4 aliphatic rings. The van der Waals surface area contributed by atoms with Crippen LogP contribution >= 0.6 is 15.9 Å². The summed E-state index contributed by atoms with van der Waals surface area (Å²) >= 11 is 3.25. The fourth-order valence-electron chi connectivity index (χ4n) is 8.96. The number of benzene rings is 5.